The van der Waals surface area contributed by atoms with Crippen LogP contribution >= 0.6 is 11.3 Å². The number of Topliss-reactive ketones (excluding diaryl/α,β-unsaturated/α-hetero) is 1. The number of carbonyl (C=O) groups excluding carboxylic acids is 1. The molecular weight excluding hydrogens is 290 g/mol. The average molecular weight is 307 g/mol. The van der Waals surface area contributed by atoms with Crippen LogP contribution in [-0.2, 0) is 11.3 Å². The van der Waals surface area contributed by atoms with Gasteiger partial charge in [-0.3, -0.25) is 14.2 Å². The molecule has 2 atom stereocenters. The summed E-state index contributed by atoms with van der Waals surface area (Å²) in [5, 5.41) is 15.4. The van der Waals surface area contributed by atoms with E-state index < -0.39 is 6.10 Å². The van der Waals surface area contributed by atoms with E-state index in [9.17, 15) is 14.7 Å². The molecule has 1 aliphatic rings. The lowest BCUT2D eigenvalue weighted by atomic mass is 9.97. The zero-order valence-corrected chi connectivity index (χ0v) is 12.3. The lowest BCUT2D eigenvalue weighted by Crippen LogP contribution is -2.46. The summed E-state index contributed by atoms with van der Waals surface area (Å²) in [6.45, 7) is 0.819. The maximum absolute atomic E-state index is 12.2. The largest absolute Gasteiger partial charge is 0.391 e. The first-order chi connectivity index (χ1) is 10.1. The van der Waals surface area contributed by atoms with Gasteiger partial charge in [-0.15, -0.1) is 11.3 Å². The van der Waals surface area contributed by atoms with Gasteiger partial charge < -0.3 is 10.4 Å². The molecule has 21 heavy (non-hydrogen) atoms. The summed E-state index contributed by atoms with van der Waals surface area (Å²) in [7, 11) is 0. The highest BCUT2D eigenvalue weighted by Crippen LogP contribution is 2.14. The topological polar surface area (TPSA) is 84.2 Å². The molecule has 0 aliphatic carbocycles. The van der Waals surface area contributed by atoms with Gasteiger partial charge in [-0.2, -0.15) is 0 Å². The van der Waals surface area contributed by atoms with Crippen LogP contribution in [0.15, 0.2) is 22.6 Å². The SMILES string of the molecule is O=C(CC1NCCCC1O)Cn1cnc2sccc2c1=O. The Morgan fingerprint density at radius 1 is 1.57 bits per heavy atom. The van der Waals surface area contributed by atoms with Crippen LogP contribution in [-0.4, -0.2) is 39.1 Å². The Hall–Kier alpha value is -1.57. The van der Waals surface area contributed by atoms with E-state index >= 15 is 0 Å². The molecule has 0 saturated carbocycles. The number of aliphatic hydroxyl groups is 1. The van der Waals surface area contributed by atoms with E-state index in [0.717, 1.165) is 13.0 Å². The lowest BCUT2D eigenvalue weighted by Gasteiger charge is -2.28. The van der Waals surface area contributed by atoms with Crippen molar-refractivity contribution in [2.75, 3.05) is 6.54 Å². The van der Waals surface area contributed by atoms with Gasteiger partial charge in [-0.1, -0.05) is 0 Å². The normalized spacial score (nSPS) is 22.5. The monoisotopic (exact) mass is 307 g/mol. The summed E-state index contributed by atoms with van der Waals surface area (Å²) in [5.74, 6) is -0.0769. The highest BCUT2D eigenvalue weighted by Gasteiger charge is 2.25. The summed E-state index contributed by atoms with van der Waals surface area (Å²) in [6, 6.07) is 1.52. The van der Waals surface area contributed by atoms with Crippen molar-refractivity contribution >= 4 is 27.3 Å². The summed E-state index contributed by atoms with van der Waals surface area (Å²) in [6.07, 6.45) is 2.80. The maximum Gasteiger partial charge on any atom is 0.262 e. The van der Waals surface area contributed by atoms with E-state index in [0.29, 0.717) is 16.6 Å². The minimum absolute atomic E-state index is 0.00250. The Morgan fingerprint density at radius 2 is 2.43 bits per heavy atom. The minimum atomic E-state index is -0.489. The third-order valence-electron chi connectivity index (χ3n) is 3.79. The molecule has 2 aromatic rings. The van der Waals surface area contributed by atoms with Crippen molar-refractivity contribution in [1.29, 1.82) is 0 Å². The highest BCUT2D eigenvalue weighted by atomic mass is 32.1. The molecule has 1 aliphatic heterocycles. The molecule has 1 saturated heterocycles. The number of fused-ring (bicyclic) bond motifs is 1. The number of aromatic nitrogens is 2. The molecule has 3 rings (SSSR count). The van der Waals surface area contributed by atoms with Gasteiger partial charge in [0.1, 0.15) is 4.83 Å². The van der Waals surface area contributed by atoms with Gasteiger partial charge in [0.15, 0.2) is 5.78 Å². The second-order valence-corrected chi connectivity index (χ2v) is 6.22. The Morgan fingerprint density at radius 3 is 3.24 bits per heavy atom. The van der Waals surface area contributed by atoms with Crippen LogP contribution in [0, 0.1) is 0 Å². The zero-order valence-electron chi connectivity index (χ0n) is 11.5. The summed E-state index contributed by atoms with van der Waals surface area (Å²) < 4.78 is 1.34. The van der Waals surface area contributed by atoms with Gasteiger partial charge >= 0.3 is 0 Å². The van der Waals surface area contributed by atoms with Gasteiger partial charge in [-0.05, 0) is 30.8 Å². The molecule has 0 spiro atoms. The van der Waals surface area contributed by atoms with Crippen LogP contribution < -0.4 is 10.9 Å². The van der Waals surface area contributed by atoms with Crippen LogP contribution in [0.25, 0.3) is 10.2 Å². The third-order valence-corrected chi connectivity index (χ3v) is 4.61. The molecule has 7 heteroatoms. The molecule has 3 heterocycles. The second kappa shape index (κ2) is 6.05. The van der Waals surface area contributed by atoms with Crippen LogP contribution in [0.5, 0.6) is 0 Å². The van der Waals surface area contributed by atoms with Crippen LogP contribution in [0.4, 0.5) is 0 Å². The quantitative estimate of drug-likeness (QED) is 0.861. The second-order valence-electron chi connectivity index (χ2n) is 5.33. The lowest BCUT2D eigenvalue weighted by molar-refractivity contribution is -0.121. The molecule has 0 bridgehead atoms. The summed E-state index contributed by atoms with van der Waals surface area (Å²) in [5.41, 5.74) is -0.188. The van der Waals surface area contributed by atoms with E-state index in [1.807, 2.05) is 5.38 Å². The van der Waals surface area contributed by atoms with Crippen molar-refractivity contribution in [2.45, 2.75) is 38.0 Å². The van der Waals surface area contributed by atoms with Gasteiger partial charge in [0.05, 0.1) is 24.4 Å². The van der Waals surface area contributed by atoms with Crippen molar-refractivity contribution < 1.29 is 9.90 Å². The number of nitrogens with one attached hydrogen (secondary N) is 1. The molecule has 2 unspecified atom stereocenters. The van der Waals surface area contributed by atoms with Crippen LogP contribution in [0.1, 0.15) is 19.3 Å². The zero-order chi connectivity index (χ0) is 14.8. The molecule has 6 nitrogen and oxygen atoms in total. The Kier molecular flexibility index (Phi) is 4.14. The van der Waals surface area contributed by atoms with Gasteiger partial charge in [0.2, 0.25) is 0 Å². The predicted molar refractivity (Wildman–Crippen MR) is 80.5 cm³/mol. The van der Waals surface area contributed by atoms with E-state index in [4.69, 9.17) is 0 Å². The first-order valence-corrected chi connectivity index (χ1v) is 7.89. The first kappa shape index (κ1) is 14.4. The molecule has 2 N–H and O–H groups in total. The number of ketones is 1. The molecule has 1 fully saturated rings. The van der Waals surface area contributed by atoms with E-state index in [1.54, 1.807) is 6.07 Å². The summed E-state index contributed by atoms with van der Waals surface area (Å²) in [4.78, 5) is 29.2. The van der Waals surface area contributed by atoms with Gasteiger partial charge in [0, 0.05) is 12.5 Å². The molecule has 0 aromatic carbocycles. The average Bonchev–Trinajstić information content (AvgIpc) is 2.94. The van der Waals surface area contributed by atoms with E-state index in [-0.39, 0.29) is 30.3 Å². The molecule has 0 amide bonds. The highest BCUT2D eigenvalue weighted by molar-refractivity contribution is 7.16. The fourth-order valence-electron chi connectivity index (χ4n) is 2.65. The number of rotatable bonds is 4. The fourth-order valence-corrected chi connectivity index (χ4v) is 3.37. The van der Waals surface area contributed by atoms with Crippen molar-refractivity contribution in [3.8, 4) is 0 Å². The number of hydrogen-bond acceptors (Lipinski definition) is 6. The standard InChI is InChI=1S/C14H17N3O3S/c18-9(6-11-12(19)2-1-4-15-11)7-17-8-16-13-10(14(17)20)3-5-21-13/h3,5,8,11-12,15,19H,1-2,4,6-7H2. The van der Waals surface area contributed by atoms with Crippen molar-refractivity contribution in [3.05, 3.63) is 28.1 Å². The number of carbonyl (C=O) groups is 1. The minimum Gasteiger partial charge on any atom is -0.391 e. The smallest absolute Gasteiger partial charge is 0.262 e. The Bertz CT molecular complexity index is 709. The maximum atomic E-state index is 12.2. The molecule has 112 valence electrons. The van der Waals surface area contributed by atoms with Crippen LogP contribution in [0.2, 0.25) is 0 Å². The Balaban J connectivity index is 1.71. The molecular formula is C14H17N3O3S. The van der Waals surface area contributed by atoms with Crippen LogP contribution in [0.3, 0.4) is 0 Å². The third kappa shape index (κ3) is 3.04. The number of thiophene rings is 1. The number of hydrogen-bond donors (Lipinski definition) is 2. The first-order valence-electron chi connectivity index (χ1n) is 7.01. The fraction of sp³-hybridized carbons (Fsp3) is 0.500. The number of piperidine rings is 1. The number of aliphatic hydroxyl groups excluding tert-OH is 1. The van der Waals surface area contributed by atoms with E-state index in [1.165, 1.54) is 22.2 Å². The number of nitrogens with zero attached hydrogens (tertiary/aromatic N) is 2. The molecule has 2 aromatic heterocycles. The summed E-state index contributed by atoms with van der Waals surface area (Å²) >= 11 is 1.41. The molecule has 0 radical (unpaired) electrons. The van der Waals surface area contributed by atoms with Crippen molar-refractivity contribution in [3.63, 3.8) is 0 Å². The van der Waals surface area contributed by atoms with Gasteiger partial charge in [-0.25, -0.2) is 4.98 Å². The van der Waals surface area contributed by atoms with E-state index in [2.05, 4.69) is 10.3 Å². The predicted octanol–water partition coefficient (Wildman–Crippen LogP) is 0.530. The van der Waals surface area contributed by atoms with Gasteiger partial charge in [0.25, 0.3) is 5.56 Å². The Labute approximate surface area is 125 Å². The van der Waals surface area contributed by atoms with Crippen molar-refractivity contribution in [2.24, 2.45) is 0 Å². The van der Waals surface area contributed by atoms with Crippen molar-refractivity contribution in [1.82, 2.24) is 14.9 Å².